The molecule has 0 radical (unpaired) electrons. The summed E-state index contributed by atoms with van der Waals surface area (Å²) in [4.78, 5) is 0. The first-order valence-corrected chi connectivity index (χ1v) is 7.15. The normalized spacial score (nSPS) is 14.2. The lowest BCUT2D eigenvalue weighted by molar-refractivity contribution is 0.408. The largest absolute Gasteiger partial charge is 0.118 e. The lowest BCUT2D eigenvalue weighted by atomic mass is 9.95. The maximum Gasteiger partial charge on any atom is 0.118 e. The highest BCUT2D eigenvalue weighted by atomic mass is 35.5. The summed E-state index contributed by atoms with van der Waals surface area (Å²) >= 11 is 12.3. The molecule has 0 spiro atoms. The first-order valence-electron chi connectivity index (χ1n) is 6.40. The molecule has 1 atom stereocenters. The van der Waals surface area contributed by atoms with Gasteiger partial charge in [0.05, 0.1) is 0 Å². The second-order valence-corrected chi connectivity index (χ2v) is 6.38. The average molecular weight is 253 g/mol. The van der Waals surface area contributed by atoms with E-state index in [1.54, 1.807) is 0 Å². The van der Waals surface area contributed by atoms with Gasteiger partial charge in [-0.15, -0.1) is 23.2 Å². The number of hydrogen-bond acceptors (Lipinski definition) is 0. The third kappa shape index (κ3) is 8.39. The van der Waals surface area contributed by atoms with Gasteiger partial charge in [-0.3, -0.25) is 0 Å². The van der Waals surface area contributed by atoms with E-state index in [1.807, 2.05) is 6.92 Å². The Morgan fingerprint density at radius 2 is 1.47 bits per heavy atom. The van der Waals surface area contributed by atoms with Crippen LogP contribution in [0.1, 0.15) is 72.1 Å². The van der Waals surface area contributed by atoms with Crippen LogP contribution in [0.25, 0.3) is 0 Å². The standard InChI is InChI=1S/C13H26Cl2/c1-4-6-7-8-9-10-11-12(5-2)13(3,14)15/h12H,4-11H2,1-3H3. The van der Waals surface area contributed by atoms with Crippen molar-refractivity contribution in [3.63, 3.8) is 0 Å². The van der Waals surface area contributed by atoms with Gasteiger partial charge in [0.25, 0.3) is 0 Å². The van der Waals surface area contributed by atoms with Gasteiger partial charge in [0.2, 0.25) is 0 Å². The van der Waals surface area contributed by atoms with Crippen LogP contribution in [0.2, 0.25) is 0 Å². The van der Waals surface area contributed by atoms with Crippen LogP contribution in [-0.4, -0.2) is 4.33 Å². The first kappa shape index (κ1) is 15.6. The van der Waals surface area contributed by atoms with E-state index in [0.717, 1.165) is 6.42 Å². The number of hydrogen-bond donors (Lipinski definition) is 0. The molecule has 0 bridgehead atoms. The predicted octanol–water partition coefficient (Wildman–Crippen LogP) is 5.96. The molecule has 0 aliphatic heterocycles. The Kier molecular flexibility index (Phi) is 9.04. The summed E-state index contributed by atoms with van der Waals surface area (Å²) in [5.41, 5.74) is 0. The third-order valence-corrected chi connectivity index (χ3v) is 3.73. The highest BCUT2D eigenvalue weighted by molar-refractivity contribution is 6.48. The van der Waals surface area contributed by atoms with Gasteiger partial charge in [-0.25, -0.2) is 0 Å². The maximum atomic E-state index is 6.13. The molecule has 0 saturated heterocycles. The lowest BCUT2D eigenvalue weighted by Crippen LogP contribution is -2.21. The molecular formula is C13H26Cl2. The summed E-state index contributed by atoms with van der Waals surface area (Å²) in [5, 5.41) is 0. The van der Waals surface area contributed by atoms with Crippen LogP contribution in [0.3, 0.4) is 0 Å². The van der Waals surface area contributed by atoms with E-state index in [2.05, 4.69) is 13.8 Å². The molecule has 0 aromatic heterocycles. The summed E-state index contributed by atoms with van der Waals surface area (Å²) in [7, 11) is 0. The molecule has 0 saturated carbocycles. The minimum atomic E-state index is -0.543. The van der Waals surface area contributed by atoms with Crippen molar-refractivity contribution in [3.05, 3.63) is 0 Å². The zero-order valence-corrected chi connectivity index (χ0v) is 12.0. The Bertz CT molecular complexity index is 138. The summed E-state index contributed by atoms with van der Waals surface area (Å²) in [5.74, 6) is 0.451. The van der Waals surface area contributed by atoms with Crippen molar-refractivity contribution in [2.24, 2.45) is 5.92 Å². The number of alkyl halides is 2. The van der Waals surface area contributed by atoms with Crippen molar-refractivity contribution < 1.29 is 0 Å². The van der Waals surface area contributed by atoms with E-state index in [1.165, 1.54) is 44.9 Å². The molecule has 0 aromatic carbocycles. The van der Waals surface area contributed by atoms with Gasteiger partial charge in [-0.05, 0) is 19.3 Å². The smallest absolute Gasteiger partial charge is 0.102 e. The van der Waals surface area contributed by atoms with Crippen LogP contribution in [0.15, 0.2) is 0 Å². The van der Waals surface area contributed by atoms with Crippen molar-refractivity contribution in [1.29, 1.82) is 0 Å². The number of halogens is 2. The van der Waals surface area contributed by atoms with E-state index in [4.69, 9.17) is 23.2 Å². The molecule has 0 heterocycles. The van der Waals surface area contributed by atoms with Crippen LogP contribution in [0.4, 0.5) is 0 Å². The molecule has 15 heavy (non-hydrogen) atoms. The molecule has 0 rings (SSSR count). The summed E-state index contributed by atoms with van der Waals surface area (Å²) < 4.78 is -0.543. The molecule has 0 amide bonds. The molecule has 0 N–H and O–H groups in total. The minimum absolute atomic E-state index is 0.451. The van der Waals surface area contributed by atoms with Gasteiger partial charge in [0.15, 0.2) is 0 Å². The zero-order valence-electron chi connectivity index (χ0n) is 10.5. The Labute approximate surface area is 106 Å². The quantitative estimate of drug-likeness (QED) is 0.351. The van der Waals surface area contributed by atoms with Crippen LogP contribution in [0.5, 0.6) is 0 Å². The molecule has 0 aliphatic carbocycles. The van der Waals surface area contributed by atoms with E-state index in [0.29, 0.717) is 5.92 Å². The number of rotatable bonds is 9. The van der Waals surface area contributed by atoms with Gasteiger partial charge in [0, 0.05) is 0 Å². The van der Waals surface area contributed by atoms with Gasteiger partial charge in [-0.1, -0.05) is 58.8 Å². The van der Waals surface area contributed by atoms with Crippen molar-refractivity contribution in [1.82, 2.24) is 0 Å². The van der Waals surface area contributed by atoms with Crippen molar-refractivity contribution in [2.45, 2.75) is 76.5 Å². The second kappa shape index (κ2) is 8.70. The lowest BCUT2D eigenvalue weighted by Gasteiger charge is -2.25. The summed E-state index contributed by atoms with van der Waals surface area (Å²) in [6.45, 7) is 6.34. The molecule has 0 nitrogen and oxygen atoms in total. The summed E-state index contributed by atoms with van der Waals surface area (Å²) in [6.07, 6.45) is 10.3. The van der Waals surface area contributed by atoms with E-state index in [-0.39, 0.29) is 0 Å². The molecule has 2 heteroatoms. The second-order valence-electron chi connectivity index (χ2n) is 4.62. The van der Waals surface area contributed by atoms with E-state index in [9.17, 15) is 0 Å². The average Bonchev–Trinajstić information content (AvgIpc) is 2.15. The topological polar surface area (TPSA) is 0 Å². The molecule has 0 aromatic rings. The highest BCUT2D eigenvalue weighted by Crippen LogP contribution is 2.35. The van der Waals surface area contributed by atoms with Crippen LogP contribution in [0, 0.1) is 5.92 Å². The molecular weight excluding hydrogens is 227 g/mol. The molecule has 0 aliphatic rings. The fourth-order valence-electron chi connectivity index (χ4n) is 1.99. The first-order chi connectivity index (χ1) is 7.02. The fraction of sp³-hybridized carbons (Fsp3) is 1.00. The van der Waals surface area contributed by atoms with Gasteiger partial charge in [-0.2, -0.15) is 0 Å². The maximum absolute atomic E-state index is 6.13. The van der Waals surface area contributed by atoms with E-state index >= 15 is 0 Å². The van der Waals surface area contributed by atoms with E-state index < -0.39 is 4.33 Å². The summed E-state index contributed by atoms with van der Waals surface area (Å²) in [6, 6.07) is 0. The third-order valence-electron chi connectivity index (χ3n) is 3.12. The van der Waals surface area contributed by atoms with Crippen LogP contribution in [-0.2, 0) is 0 Å². The Morgan fingerprint density at radius 3 is 1.93 bits per heavy atom. The highest BCUT2D eigenvalue weighted by Gasteiger charge is 2.27. The molecule has 0 fully saturated rings. The SMILES string of the molecule is CCCCCCCCC(CC)C(C)(Cl)Cl. The fourth-order valence-corrected chi connectivity index (χ4v) is 2.51. The number of unbranched alkanes of at least 4 members (excludes halogenated alkanes) is 5. The van der Waals surface area contributed by atoms with Gasteiger partial charge in [0.1, 0.15) is 4.33 Å². The van der Waals surface area contributed by atoms with Crippen molar-refractivity contribution in [2.75, 3.05) is 0 Å². The monoisotopic (exact) mass is 252 g/mol. The molecule has 92 valence electrons. The molecule has 1 unspecified atom stereocenters. The Morgan fingerprint density at radius 1 is 0.933 bits per heavy atom. The zero-order chi connectivity index (χ0) is 11.7. The van der Waals surface area contributed by atoms with Gasteiger partial charge >= 0.3 is 0 Å². The Balaban J connectivity index is 3.48. The van der Waals surface area contributed by atoms with Crippen molar-refractivity contribution in [3.8, 4) is 0 Å². The predicted molar refractivity (Wildman–Crippen MR) is 71.9 cm³/mol. The van der Waals surface area contributed by atoms with Crippen LogP contribution < -0.4 is 0 Å². The Hall–Kier alpha value is 0.580. The van der Waals surface area contributed by atoms with Crippen LogP contribution >= 0.6 is 23.2 Å². The van der Waals surface area contributed by atoms with Gasteiger partial charge < -0.3 is 0 Å². The van der Waals surface area contributed by atoms with Crippen molar-refractivity contribution >= 4 is 23.2 Å². The minimum Gasteiger partial charge on any atom is -0.102 e.